The Balaban J connectivity index is 2.68. The molecule has 0 saturated carbocycles. The number of ether oxygens (including phenoxy) is 1. The summed E-state index contributed by atoms with van der Waals surface area (Å²) in [5.74, 6) is 0.830. The summed E-state index contributed by atoms with van der Waals surface area (Å²) in [7, 11) is 0. The molecule has 102 valence electrons. The lowest BCUT2D eigenvalue weighted by Crippen LogP contribution is -2.35. The van der Waals surface area contributed by atoms with E-state index in [0.717, 1.165) is 17.9 Å². The molecule has 1 rings (SSSR count). The van der Waals surface area contributed by atoms with Crippen molar-refractivity contribution >= 4 is 0 Å². The Labute approximate surface area is 110 Å². The van der Waals surface area contributed by atoms with E-state index in [1.54, 1.807) is 13.8 Å². The number of rotatable bonds is 5. The minimum Gasteiger partial charge on any atom is -0.490 e. The fraction of sp³-hybridized carbons (Fsp3) is 0.600. The summed E-state index contributed by atoms with van der Waals surface area (Å²) in [5.41, 5.74) is 0.366. The van der Waals surface area contributed by atoms with Crippen molar-refractivity contribution in [3.8, 4) is 5.75 Å². The van der Waals surface area contributed by atoms with Crippen LogP contribution >= 0.6 is 0 Å². The van der Waals surface area contributed by atoms with E-state index in [9.17, 15) is 5.11 Å². The number of aliphatic hydroxyl groups is 1. The molecule has 0 spiro atoms. The van der Waals surface area contributed by atoms with Crippen LogP contribution in [0.2, 0.25) is 0 Å². The molecule has 0 aromatic heterocycles. The topological polar surface area (TPSA) is 41.5 Å². The third-order valence-corrected chi connectivity index (χ3v) is 2.36. The standard InChI is InChI=1S/C15H25NO2/c1-14(2,3)16-10-12-8-6-7-9-13(12)18-11-15(4,5)17/h6-9,16-17H,10-11H2,1-5H3. The van der Waals surface area contributed by atoms with E-state index in [4.69, 9.17) is 4.74 Å². The van der Waals surface area contributed by atoms with Gasteiger partial charge in [-0.3, -0.25) is 0 Å². The Morgan fingerprint density at radius 2 is 1.72 bits per heavy atom. The van der Waals surface area contributed by atoms with Crippen LogP contribution in [0.3, 0.4) is 0 Å². The van der Waals surface area contributed by atoms with Crippen LogP contribution in [-0.2, 0) is 6.54 Å². The summed E-state index contributed by atoms with van der Waals surface area (Å²) in [5, 5.41) is 13.1. The lowest BCUT2D eigenvalue weighted by Gasteiger charge is -2.23. The Hall–Kier alpha value is -1.06. The predicted octanol–water partition coefficient (Wildman–Crippen LogP) is 2.72. The number of benzene rings is 1. The molecule has 0 fully saturated rings. The second kappa shape index (κ2) is 5.72. The molecule has 1 aromatic rings. The number of para-hydroxylation sites is 1. The molecule has 0 bridgehead atoms. The largest absolute Gasteiger partial charge is 0.490 e. The van der Waals surface area contributed by atoms with Crippen molar-refractivity contribution < 1.29 is 9.84 Å². The maximum absolute atomic E-state index is 9.69. The summed E-state index contributed by atoms with van der Waals surface area (Å²) in [6.45, 7) is 10.9. The number of nitrogens with one attached hydrogen (secondary N) is 1. The first kappa shape index (κ1) is 15.0. The van der Waals surface area contributed by atoms with E-state index in [2.05, 4.69) is 26.1 Å². The first-order valence-corrected chi connectivity index (χ1v) is 6.35. The van der Waals surface area contributed by atoms with Gasteiger partial charge in [-0.25, -0.2) is 0 Å². The highest BCUT2D eigenvalue weighted by molar-refractivity contribution is 5.33. The molecule has 0 heterocycles. The van der Waals surface area contributed by atoms with Crippen LogP contribution in [0.5, 0.6) is 5.75 Å². The van der Waals surface area contributed by atoms with Gasteiger partial charge in [-0.15, -0.1) is 0 Å². The normalized spacial score (nSPS) is 12.6. The number of hydrogen-bond acceptors (Lipinski definition) is 3. The molecule has 0 aliphatic rings. The van der Waals surface area contributed by atoms with Gasteiger partial charge in [-0.2, -0.15) is 0 Å². The average Bonchev–Trinajstić information content (AvgIpc) is 2.22. The third kappa shape index (κ3) is 6.03. The van der Waals surface area contributed by atoms with Crippen LogP contribution in [0.15, 0.2) is 24.3 Å². The average molecular weight is 251 g/mol. The third-order valence-electron chi connectivity index (χ3n) is 2.36. The van der Waals surface area contributed by atoms with Gasteiger partial charge in [0.15, 0.2) is 0 Å². The smallest absolute Gasteiger partial charge is 0.123 e. The van der Waals surface area contributed by atoms with Gasteiger partial charge < -0.3 is 15.2 Å². The van der Waals surface area contributed by atoms with Crippen LogP contribution in [-0.4, -0.2) is 22.9 Å². The van der Waals surface area contributed by atoms with E-state index < -0.39 is 5.60 Å². The minimum atomic E-state index is -0.815. The van der Waals surface area contributed by atoms with Crippen LogP contribution in [0.4, 0.5) is 0 Å². The molecule has 0 aliphatic heterocycles. The van der Waals surface area contributed by atoms with Crippen molar-refractivity contribution in [1.29, 1.82) is 0 Å². The summed E-state index contributed by atoms with van der Waals surface area (Å²) in [6.07, 6.45) is 0. The van der Waals surface area contributed by atoms with Gasteiger partial charge in [0.2, 0.25) is 0 Å². The van der Waals surface area contributed by atoms with E-state index in [1.807, 2.05) is 24.3 Å². The molecule has 3 nitrogen and oxygen atoms in total. The molecule has 2 N–H and O–H groups in total. The summed E-state index contributed by atoms with van der Waals surface area (Å²) < 4.78 is 5.68. The molecule has 0 unspecified atom stereocenters. The molecule has 0 radical (unpaired) electrons. The zero-order valence-corrected chi connectivity index (χ0v) is 12.1. The molecular weight excluding hydrogens is 226 g/mol. The second-order valence-electron chi connectivity index (χ2n) is 6.31. The SMILES string of the molecule is CC(C)(O)COc1ccccc1CNC(C)(C)C. The van der Waals surface area contributed by atoms with E-state index in [1.165, 1.54) is 0 Å². The fourth-order valence-electron chi connectivity index (χ4n) is 1.41. The molecule has 18 heavy (non-hydrogen) atoms. The summed E-state index contributed by atoms with van der Waals surface area (Å²) >= 11 is 0. The molecular formula is C15H25NO2. The first-order valence-electron chi connectivity index (χ1n) is 6.35. The Kier molecular flexibility index (Phi) is 4.77. The monoisotopic (exact) mass is 251 g/mol. The zero-order valence-electron chi connectivity index (χ0n) is 12.1. The van der Waals surface area contributed by atoms with Crippen molar-refractivity contribution in [1.82, 2.24) is 5.32 Å². The molecule has 0 atom stereocenters. The number of hydrogen-bond donors (Lipinski definition) is 2. The fourth-order valence-corrected chi connectivity index (χ4v) is 1.41. The molecule has 1 aromatic carbocycles. The van der Waals surface area contributed by atoms with Gasteiger partial charge in [-0.1, -0.05) is 18.2 Å². The maximum Gasteiger partial charge on any atom is 0.123 e. The van der Waals surface area contributed by atoms with Crippen LogP contribution in [0.1, 0.15) is 40.2 Å². The Bertz CT molecular complexity index is 338. The van der Waals surface area contributed by atoms with Crippen molar-refractivity contribution in [2.24, 2.45) is 0 Å². The van der Waals surface area contributed by atoms with Crippen molar-refractivity contribution in [2.75, 3.05) is 6.61 Å². The molecule has 0 saturated heterocycles. The van der Waals surface area contributed by atoms with Gasteiger partial charge in [-0.05, 0) is 40.7 Å². The van der Waals surface area contributed by atoms with Gasteiger partial charge in [0.05, 0.1) is 5.60 Å². The summed E-state index contributed by atoms with van der Waals surface area (Å²) in [6, 6.07) is 7.92. The van der Waals surface area contributed by atoms with Gasteiger partial charge in [0.25, 0.3) is 0 Å². The molecule has 0 amide bonds. The van der Waals surface area contributed by atoms with Gasteiger partial charge in [0.1, 0.15) is 12.4 Å². The van der Waals surface area contributed by atoms with E-state index in [-0.39, 0.29) is 5.54 Å². The van der Waals surface area contributed by atoms with Crippen molar-refractivity contribution in [2.45, 2.75) is 52.3 Å². The lowest BCUT2D eigenvalue weighted by molar-refractivity contribution is 0.0281. The van der Waals surface area contributed by atoms with Crippen LogP contribution < -0.4 is 10.1 Å². The Morgan fingerprint density at radius 1 is 1.11 bits per heavy atom. The van der Waals surface area contributed by atoms with Crippen LogP contribution in [0.25, 0.3) is 0 Å². The lowest BCUT2D eigenvalue weighted by atomic mass is 10.1. The molecule has 0 aliphatic carbocycles. The minimum absolute atomic E-state index is 0.0728. The first-order chi connectivity index (χ1) is 8.17. The molecule has 3 heteroatoms. The predicted molar refractivity (Wildman–Crippen MR) is 74.8 cm³/mol. The van der Waals surface area contributed by atoms with E-state index in [0.29, 0.717) is 6.61 Å². The highest BCUT2D eigenvalue weighted by Gasteiger charge is 2.15. The Morgan fingerprint density at radius 3 is 2.28 bits per heavy atom. The van der Waals surface area contributed by atoms with Crippen molar-refractivity contribution in [3.05, 3.63) is 29.8 Å². The highest BCUT2D eigenvalue weighted by Crippen LogP contribution is 2.20. The maximum atomic E-state index is 9.69. The highest BCUT2D eigenvalue weighted by atomic mass is 16.5. The van der Waals surface area contributed by atoms with Crippen LogP contribution in [0, 0.1) is 0 Å². The zero-order chi connectivity index (χ0) is 13.8. The van der Waals surface area contributed by atoms with Gasteiger partial charge in [0, 0.05) is 17.6 Å². The van der Waals surface area contributed by atoms with Gasteiger partial charge >= 0.3 is 0 Å². The van der Waals surface area contributed by atoms with E-state index >= 15 is 0 Å². The summed E-state index contributed by atoms with van der Waals surface area (Å²) in [4.78, 5) is 0. The second-order valence-corrected chi connectivity index (χ2v) is 6.31. The quantitative estimate of drug-likeness (QED) is 0.845. The van der Waals surface area contributed by atoms with Crippen molar-refractivity contribution in [3.63, 3.8) is 0 Å².